The van der Waals surface area contributed by atoms with Crippen molar-refractivity contribution < 1.29 is 4.74 Å². The fourth-order valence-electron chi connectivity index (χ4n) is 1.10. The lowest BCUT2D eigenvalue weighted by molar-refractivity contribution is 0.210. The fourth-order valence-corrected chi connectivity index (χ4v) is 2.20. The summed E-state index contributed by atoms with van der Waals surface area (Å²) >= 11 is 1.92. The van der Waals surface area contributed by atoms with E-state index in [0.29, 0.717) is 12.1 Å². The van der Waals surface area contributed by atoms with Crippen molar-refractivity contribution in [2.24, 2.45) is 0 Å². The standard InChI is InChI=1S/C8H10N2OS/c1-3-9-8(10-4-1)11-7-2-5-12-6-7/h1,3-4,7H,2,5-6H2. The lowest BCUT2D eigenvalue weighted by Gasteiger charge is -2.08. The van der Waals surface area contributed by atoms with E-state index in [0.717, 1.165) is 12.2 Å². The van der Waals surface area contributed by atoms with E-state index in [1.54, 1.807) is 18.5 Å². The zero-order chi connectivity index (χ0) is 8.23. The SMILES string of the molecule is c1cnc(OC2CCSC2)nc1. The Labute approximate surface area is 75.6 Å². The summed E-state index contributed by atoms with van der Waals surface area (Å²) in [7, 11) is 0. The molecule has 2 rings (SSSR count). The van der Waals surface area contributed by atoms with Crippen molar-refractivity contribution in [1.29, 1.82) is 0 Å². The maximum Gasteiger partial charge on any atom is 0.316 e. The van der Waals surface area contributed by atoms with Crippen LogP contribution in [0.15, 0.2) is 18.5 Å². The van der Waals surface area contributed by atoms with Gasteiger partial charge in [-0.05, 0) is 18.2 Å². The van der Waals surface area contributed by atoms with Gasteiger partial charge in [0.2, 0.25) is 0 Å². The molecule has 0 N–H and O–H groups in total. The Hall–Kier alpha value is -0.770. The Morgan fingerprint density at radius 2 is 2.25 bits per heavy atom. The van der Waals surface area contributed by atoms with Gasteiger partial charge in [-0.2, -0.15) is 11.8 Å². The summed E-state index contributed by atoms with van der Waals surface area (Å²) in [4.78, 5) is 8.00. The predicted molar refractivity (Wildman–Crippen MR) is 48.4 cm³/mol. The van der Waals surface area contributed by atoms with E-state index in [1.165, 1.54) is 5.75 Å². The Bertz CT molecular complexity index is 236. The van der Waals surface area contributed by atoms with Gasteiger partial charge in [-0.1, -0.05) is 0 Å². The first-order chi connectivity index (χ1) is 5.95. The molecule has 4 heteroatoms. The number of nitrogens with zero attached hydrogens (tertiary/aromatic N) is 2. The second kappa shape index (κ2) is 3.76. The second-order valence-electron chi connectivity index (χ2n) is 2.63. The molecular weight excluding hydrogens is 172 g/mol. The Kier molecular flexibility index (Phi) is 2.46. The summed E-state index contributed by atoms with van der Waals surface area (Å²) in [6.45, 7) is 0. The van der Waals surface area contributed by atoms with Gasteiger partial charge < -0.3 is 4.74 Å². The first-order valence-corrected chi connectivity index (χ1v) is 5.12. The molecular formula is C8H10N2OS. The summed E-state index contributed by atoms with van der Waals surface area (Å²) in [5, 5.41) is 0. The van der Waals surface area contributed by atoms with Crippen molar-refractivity contribution in [2.75, 3.05) is 11.5 Å². The van der Waals surface area contributed by atoms with Crippen LogP contribution in [0.2, 0.25) is 0 Å². The number of thioether (sulfide) groups is 1. The van der Waals surface area contributed by atoms with Crippen LogP contribution in [0.1, 0.15) is 6.42 Å². The van der Waals surface area contributed by atoms with E-state index >= 15 is 0 Å². The molecule has 1 aromatic heterocycles. The lowest BCUT2D eigenvalue weighted by Crippen LogP contribution is -2.16. The third kappa shape index (κ3) is 1.88. The highest BCUT2D eigenvalue weighted by Crippen LogP contribution is 2.20. The third-order valence-corrected chi connectivity index (χ3v) is 2.83. The van der Waals surface area contributed by atoms with Crippen LogP contribution in [-0.4, -0.2) is 27.6 Å². The molecule has 0 radical (unpaired) electrons. The van der Waals surface area contributed by atoms with Gasteiger partial charge in [-0.25, -0.2) is 9.97 Å². The van der Waals surface area contributed by atoms with Gasteiger partial charge in [0.25, 0.3) is 0 Å². The van der Waals surface area contributed by atoms with E-state index in [-0.39, 0.29) is 0 Å². The van der Waals surface area contributed by atoms with E-state index < -0.39 is 0 Å². The highest BCUT2D eigenvalue weighted by Gasteiger charge is 2.17. The molecule has 0 bridgehead atoms. The van der Waals surface area contributed by atoms with Crippen LogP contribution < -0.4 is 4.74 Å². The van der Waals surface area contributed by atoms with Crippen molar-refractivity contribution >= 4 is 11.8 Å². The van der Waals surface area contributed by atoms with Crippen LogP contribution in [0.5, 0.6) is 6.01 Å². The summed E-state index contributed by atoms with van der Waals surface area (Å²) < 4.78 is 5.53. The molecule has 64 valence electrons. The molecule has 0 spiro atoms. The minimum Gasteiger partial charge on any atom is -0.459 e. The molecule has 1 aromatic rings. The molecule has 0 aromatic carbocycles. The molecule has 1 fully saturated rings. The highest BCUT2D eigenvalue weighted by atomic mass is 32.2. The molecule has 12 heavy (non-hydrogen) atoms. The zero-order valence-electron chi connectivity index (χ0n) is 6.64. The van der Waals surface area contributed by atoms with Gasteiger partial charge in [0.1, 0.15) is 6.10 Å². The zero-order valence-corrected chi connectivity index (χ0v) is 7.46. The Balaban J connectivity index is 1.94. The molecule has 1 saturated heterocycles. The topological polar surface area (TPSA) is 35.0 Å². The largest absolute Gasteiger partial charge is 0.459 e. The minimum absolute atomic E-state index is 0.317. The summed E-state index contributed by atoms with van der Waals surface area (Å²) in [5.41, 5.74) is 0. The van der Waals surface area contributed by atoms with Crippen LogP contribution in [0.25, 0.3) is 0 Å². The fraction of sp³-hybridized carbons (Fsp3) is 0.500. The van der Waals surface area contributed by atoms with Gasteiger partial charge in [-0.3, -0.25) is 0 Å². The predicted octanol–water partition coefficient (Wildman–Crippen LogP) is 1.36. The van der Waals surface area contributed by atoms with E-state index in [4.69, 9.17) is 4.74 Å². The first kappa shape index (κ1) is 7.86. The number of hydrogen-bond acceptors (Lipinski definition) is 4. The van der Waals surface area contributed by atoms with Gasteiger partial charge >= 0.3 is 6.01 Å². The maximum atomic E-state index is 5.53. The van der Waals surface area contributed by atoms with Crippen LogP contribution >= 0.6 is 11.8 Å². The number of ether oxygens (including phenoxy) is 1. The summed E-state index contributed by atoms with van der Waals surface area (Å²) in [6, 6.07) is 2.29. The molecule has 0 saturated carbocycles. The molecule has 1 aliphatic heterocycles. The average molecular weight is 182 g/mol. The van der Waals surface area contributed by atoms with Crippen molar-refractivity contribution in [3.8, 4) is 6.01 Å². The molecule has 2 heterocycles. The van der Waals surface area contributed by atoms with Crippen LogP contribution in [-0.2, 0) is 0 Å². The van der Waals surface area contributed by atoms with E-state index in [9.17, 15) is 0 Å². The molecule has 0 amide bonds. The van der Waals surface area contributed by atoms with E-state index in [1.807, 2.05) is 11.8 Å². The average Bonchev–Trinajstić information content (AvgIpc) is 2.59. The van der Waals surface area contributed by atoms with E-state index in [2.05, 4.69) is 9.97 Å². The van der Waals surface area contributed by atoms with Crippen molar-refractivity contribution in [3.63, 3.8) is 0 Å². The van der Waals surface area contributed by atoms with Gasteiger partial charge in [0, 0.05) is 18.1 Å². The molecule has 1 unspecified atom stereocenters. The highest BCUT2D eigenvalue weighted by molar-refractivity contribution is 7.99. The molecule has 3 nitrogen and oxygen atoms in total. The number of hydrogen-bond donors (Lipinski definition) is 0. The smallest absolute Gasteiger partial charge is 0.316 e. The van der Waals surface area contributed by atoms with Gasteiger partial charge in [-0.15, -0.1) is 0 Å². The van der Waals surface area contributed by atoms with Crippen molar-refractivity contribution in [2.45, 2.75) is 12.5 Å². The molecule has 0 aliphatic carbocycles. The van der Waals surface area contributed by atoms with Crippen LogP contribution in [0.4, 0.5) is 0 Å². The minimum atomic E-state index is 0.317. The summed E-state index contributed by atoms with van der Waals surface area (Å²) in [5.74, 6) is 2.26. The molecule has 1 aliphatic rings. The Morgan fingerprint density at radius 3 is 2.92 bits per heavy atom. The third-order valence-electron chi connectivity index (χ3n) is 1.70. The van der Waals surface area contributed by atoms with Crippen LogP contribution in [0.3, 0.4) is 0 Å². The summed E-state index contributed by atoms with van der Waals surface area (Å²) in [6.07, 6.45) is 4.83. The van der Waals surface area contributed by atoms with Crippen molar-refractivity contribution in [1.82, 2.24) is 9.97 Å². The normalized spacial score (nSPS) is 22.5. The first-order valence-electron chi connectivity index (χ1n) is 3.96. The quantitative estimate of drug-likeness (QED) is 0.691. The monoisotopic (exact) mass is 182 g/mol. The number of rotatable bonds is 2. The Morgan fingerprint density at radius 1 is 1.42 bits per heavy atom. The van der Waals surface area contributed by atoms with Gasteiger partial charge in [0.15, 0.2) is 0 Å². The lowest BCUT2D eigenvalue weighted by atomic mass is 10.3. The van der Waals surface area contributed by atoms with Crippen LogP contribution in [0, 0.1) is 0 Å². The number of aromatic nitrogens is 2. The maximum absolute atomic E-state index is 5.53. The van der Waals surface area contributed by atoms with Gasteiger partial charge in [0.05, 0.1) is 0 Å². The second-order valence-corrected chi connectivity index (χ2v) is 3.78. The van der Waals surface area contributed by atoms with Crippen molar-refractivity contribution in [3.05, 3.63) is 18.5 Å². The molecule has 1 atom stereocenters.